The summed E-state index contributed by atoms with van der Waals surface area (Å²) in [4.78, 5) is 21.4. The number of halogens is 1. The van der Waals surface area contributed by atoms with Gasteiger partial charge in [-0.25, -0.2) is 0 Å². The van der Waals surface area contributed by atoms with E-state index in [-0.39, 0.29) is 42.5 Å². The lowest BCUT2D eigenvalue weighted by atomic mass is 10.00. The fourth-order valence-corrected chi connectivity index (χ4v) is 4.37. The van der Waals surface area contributed by atoms with Crippen molar-refractivity contribution < 1.29 is 4.79 Å². The molecule has 1 unspecified atom stereocenters. The minimum Gasteiger partial charge on any atom is -0.354 e. The Morgan fingerprint density at radius 3 is 2.68 bits per heavy atom. The number of carbonyl (C=O) groups excluding carboxylic acids is 1. The maximum Gasteiger partial charge on any atom is 0.242 e. The van der Waals surface area contributed by atoms with Gasteiger partial charge in [-0.2, -0.15) is 0 Å². The molecule has 2 aromatic rings. The molecular formula is C21H29IN4OS. The van der Waals surface area contributed by atoms with Crippen LogP contribution in [-0.4, -0.2) is 42.9 Å². The van der Waals surface area contributed by atoms with E-state index in [1.54, 1.807) is 7.05 Å². The van der Waals surface area contributed by atoms with Crippen molar-refractivity contribution >= 4 is 47.2 Å². The Hall–Kier alpha value is -1.61. The van der Waals surface area contributed by atoms with Crippen molar-refractivity contribution in [3.8, 4) is 0 Å². The van der Waals surface area contributed by atoms with E-state index in [0.717, 1.165) is 19.4 Å². The number of carbonyl (C=O) groups is 1. The maximum absolute atomic E-state index is 12.6. The van der Waals surface area contributed by atoms with E-state index in [9.17, 15) is 4.79 Å². The zero-order valence-corrected chi connectivity index (χ0v) is 19.8. The van der Waals surface area contributed by atoms with Gasteiger partial charge in [0.2, 0.25) is 5.91 Å². The molecule has 1 amide bonds. The number of thiophene rings is 1. The van der Waals surface area contributed by atoms with Gasteiger partial charge in [0.1, 0.15) is 0 Å². The van der Waals surface area contributed by atoms with Crippen LogP contribution < -0.4 is 10.6 Å². The Morgan fingerprint density at radius 1 is 1.25 bits per heavy atom. The third-order valence-electron chi connectivity index (χ3n) is 4.80. The van der Waals surface area contributed by atoms with Crippen LogP contribution in [0, 0.1) is 6.92 Å². The number of nitrogens with zero attached hydrogens (tertiary/aromatic N) is 2. The monoisotopic (exact) mass is 512 g/mol. The molecule has 28 heavy (non-hydrogen) atoms. The number of fused-ring (bicyclic) bond motifs is 1. The number of hydrogen-bond acceptors (Lipinski definition) is 3. The Bertz CT molecular complexity index is 820. The molecule has 152 valence electrons. The van der Waals surface area contributed by atoms with Gasteiger partial charge in [0.05, 0.1) is 6.54 Å². The summed E-state index contributed by atoms with van der Waals surface area (Å²) < 4.78 is 0. The van der Waals surface area contributed by atoms with E-state index in [1.807, 2.05) is 22.3 Å². The highest BCUT2D eigenvalue weighted by Crippen LogP contribution is 2.18. The van der Waals surface area contributed by atoms with Gasteiger partial charge in [-0.3, -0.25) is 9.79 Å². The molecule has 0 radical (unpaired) electrons. The van der Waals surface area contributed by atoms with Crippen LogP contribution in [0.5, 0.6) is 0 Å². The van der Waals surface area contributed by atoms with Crippen molar-refractivity contribution in [1.29, 1.82) is 0 Å². The number of rotatable bonds is 5. The first-order valence-electron chi connectivity index (χ1n) is 9.42. The van der Waals surface area contributed by atoms with Gasteiger partial charge in [0.25, 0.3) is 0 Å². The van der Waals surface area contributed by atoms with Gasteiger partial charge < -0.3 is 15.5 Å². The lowest BCUT2D eigenvalue weighted by Gasteiger charge is -2.29. The minimum atomic E-state index is 0. The summed E-state index contributed by atoms with van der Waals surface area (Å²) in [6.45, 7) is 5.98. The van der Waals surface area contributed by atoms with Gasteiger partial charge in [-0.1, -0.05) is 24.3 Å². The molecule has 0 spiro atoms. The molecule has 1 atom stereocenters. The lowest BCUT2D eigenvalue weighted by molar-refractivity contribution is -0.130. The van der Waals surface area contributed by atoms with Crippen molar-refractivity contribution in [1.82, 2.24) is 15.5 Å². The average Bonchev–Trinajstić information content (AvgIpc) is 3.08. The van der Waals surface area contributed by atoms with Crippen LogP contribution in [0.15, 0.2) is 41.4 Å². The van der Waals surface area contributed by atoms with Crippen molar-refractivity contribution in [2.75, 3.05) is 20.1 Å². The number of benzene rings is 1. The third-order valence-corrected chi connectivity index (χ3v) is 5.82. The molecule has 1 aromatic carbocycles. The van der Waals surface area contributed by atoms with Gasteiger partial charge in [-0.15, -0.1) is 35.3 Å². The van der Waals surface area contributed by atoms with Gasteiger partial charge in [0, 0.05) is 42.4 Å². The van der Waals surface area contributed by atoms with Crippen LogP contribution in [0.3, 0.4) is 0 Å². The molecule has 3 rings (SSSR count). The predicted molar refractivity (Wildman–Crippen MR) is 128 cm³/mol. The van der Waals surface area contributed by atoms with E-state index < -0.39 is 0 Å². The largest absolute Gasteiger partial charge is 0.354 e. The standard InChI is InChI=1S/C21H28N4OS.HI/c1-15(12-19-9-8-16(2)27-19)24-21(22-3)23-13-20(26)25-11-10-17-6-4-5-7-18(17)14-25;/h4-9,15H,10-14H2,1-3H3,(H2,22,23,24);1H. The molecule has 5 nitrogen and oxygen atoms in total. The van der Waals surface area contributed by atoms with Crippen molar-refractivity contribution in [3.05, 3.63) is 57.3 Å². The molecule has 0 aliphatic carbocycles. The molecule has 1 aromatic heterocycles. The quantitative estimate of drug-likeness (QED) is 0.367. The molecule has 0 saturated heterocycles. The zero-order valence-electron chi connectivity index (χ0n) is 16.7. The Labute approximate surface area is 188 Å². The molecule has 0 bridgehead atoms. The van der Waals surface area contributed by atoms with Crippen LogP contribution >= 0.6 is 35.3 Å². The second-order valence-corrected chi connectivity index (χ2v) is 8.39. The topological polar surface area (TPSA) is 56.7 Å². The fourth-order valence-electron chi connectivity index (χ4n) is 3.36. The predicted octanol–water partition coefficient (Wildman–Crippen LogP) is 3.36. The molecular weight excluding hydrogens is 483 g/mol. The summed E-state index contributed by atoms with van der Waals surface area (Å²) in [6, 6.07) is 12.9. The van der Waals surface area contributed by atoms with Crippen molar-refractivity contribution in [2.45, 2.75) is 39.3 Å². The zero-order chi connectivity index (χ0) is 19.2. The first-order valence-corrected chi connectivity index (χ1v) is 10.2. The molecule has 2 heterocycles. The molecule has 0 saturated carbocycles. The second kappa shape index (κ2) is 10.8. The van der Waals surface area contributed by atoms with E-state index in [4.69, 9.17) is 0 Å². The second-order valence-electron chi connectivity index (χ2n) is 7.02. The molecule has 1 aliphatic rings. The summed E-state index contributed by atoms with van der Waals surface area (Å²) in [5.74, 6) is 0.774. The van der Waals surface area contributed by atoms with Gasteiger partial charge in [-0.05, 0) is 43.5 Å². The highest BCUT2D eigenvalue weighted by molar-refractivity contribution is 14.0. The number of amides is 1. The molecule has 0 fully saturated rings. The fraction of sp³-hybridized carbons (Fsp3) is 0.429. The average molecular weight is 512 g/mol. The van der Waals surface area contributed by atoms with Crippen molar-refractivity contribution in [2.24, 2.45) is 4.99 Å². The first kappa shape index (κ1) is 22.7. The normalized spacial score (nSPS) is 14.7. The van der Waals surface area contributed by atoms with Crippen molar-refractivity contribution in [3.63, 3.8) is 0 Å². The van der Waals surface area contributed by atoms with E-state index in [0.29, 0.717) is 12.5 Å². The Balaban J connectivity index is 0.00000280. The van der Waals surface area contributed by atoms with E-state index in [2.05, 4.69) is 59.8 Å². The number of guanidine groups is 1. The van der Waals surface area contributed by atoms with E-state index >= 15 is 0 Å². The van der Waals surface area contributed by atoms with Crippen LogP contribution in [0.1, 0.15) is 27.8 Å². The number of nitrogens with one attached hydrogen (secondary N) is 2. The van der Waals surface area contributed by atoms with Gasteiger partial charge >= 0.3 is 0 Å². The summed E-state index contributed by atoms with van der Waals surface area (Å²) in [5.41, 5.74) is 2.60. The van der Waals surface area contributed by atoms with Crippen LogP contribution in [0.25, 0.3) is 0 Å². The Morgan fingerprint density at radius 2 is 2.00 bits per heavy atom. The summed E-state index contributed by atoms with van der Waals surface area (Å²) in [5, 5.41) is 6.54. The van der Waals surface area contributed by atoms with Crippen LogP contribution in [-0.2, 0) is 24.2 Å². The highest BCUT2D eigenvalue weighted by Gasteiger charge is 2.20. The summed E-state index contributed by atoms with van der Waals surface area (Å²) in [7, 11) is 1.74. The SMILES string of the molecule is CN=C(NCC(=O)N1CCc2ccccc2C1)NC(C)Cc1ccc(C)s1.I. The highest BCUT2D eigenvalue weighted by atomic mass is 127. The Kier molecular flexibility index (Phi) is 8.75. The number of aliphatic imine (C=N–C) groups is 1. The first-order chi connectivity index (χ1) is 13.0. The van der Waals surface area contributed by atoms with E-state index in [1.165, 1.54) is 20.9 Å². The van der Waals surface area contributed by atoms with Crippen LogP contribution in [0.2, 0.25) is 0 Å². The smallest absolute Gasteiger partial charge is 0.242 e. The number of aryl methyl sites for hydroxylation is 1. The van der Waals surface area contributed by atoms with Crippen LogP contribution in [0.4, 0.5) is 0 Å². The summed E-state index contributed by atoms with van der Waals surface area (Å²) in [6.07, 6.45) is 1.86. The molecule has 1 aliphatic heterocycles. The lowest BCUT2D eigenvalue weighted by Crippen LogP contribution is -2.48. The number of hydrogen-bond donors (Lipinski definition) is 2. The summed E-state index contributed by atoms with van der Waals surface area (Å²) >= 11 is 1.82. The molecule has 2 N–H and O–H groups in total. The van der Waals surface area contributed by atoms with Gasteiger partial charge in [0.15, 0.2) is 5.96 Å². The molecule has 7 heteroatoms. The minimum absolute atomic E-state index is 0. The maximum atomic E-state index is 12.6. The third kappa shape index (κ3) is 6.20.